The summed E-state index contributed by atoms with van der Waals surface area (Å²) in [4.78, 5) is 11.8. The van der Waals surface area contributed by atoms with E-state index >= 15 is 0 Å². The topological polar surface area (TPSA) is 64.9 Å². The van der Waals surface area contributed by atoms with E-state index in [4.69, 9.17) is 16.9 Å². The number of benzene rings is 1. The molecule has 20 heavy (non-hydrogen) atoms. The minimum atomic E-state index is -0.382. The van der Waals surface area contributed by atoms with Gasteiger partial charge in [-0.05, 0) is 38.0 Å². The average molecular weight is 292 g/mol. The molecule has 5 heteroatoms. The summed E-state index contributed by atoms with van der Waals surface area (Å²) in [6, 6.07) is 7.36. The van der Waals surface area contributed by atoms with Crippen LogP contribution in [0.4, 0.5) is 5.69 Å². The molecule has 4 nitrogen and oxygen atoms in total. The quantitative estimate of drug-likeness (QED) is 0.645. The zero-order valence-corrected chi connectivity index (χ0v) is 12.6. The Balaban J connectivity index is 2.77. The van der Waals surface area contributed by atoms with Gasteiger partial charge in [0.1, 0.15) is 11.6 Å². The molecule has 1 aromatic carbocycles. The predicted octanol–water partition coefficient (Wildman–Crippen LogP) is 3.38. The van der Waals surface area contributed by atoms with Crippen molar-refractivity contribution in [3.8, 4) is 6.07 Å². The summed E-state index contributed by atoms with van der Waals surface area (Å²) in [5.41, 5.74) is 1.72. The van der Waals surface area contributed by atoms with Crippen molar-refractivity contribution in [2.24, 2.45) is 0 Å². The number of rotatable bonds is 5. The maximum Gasteiger partial charge on any atom is 0.263 e. The molecule has 0 aliphatic rings. The molecule has 1 aromatic rings. The molecular formula is C15H18ClN3O. The van der Waals surface area contributed by atoms with Gasteiger partial charge in [-0.3, -0.25) is 4.79 Å². The van der Waals surface area contributed by atoms with Crippen LogP contribution in [0, 0.1) is 18.3 Å². The van der Waals surface area contributed by atoms with E-state index in [1.165, 1.54) is 6.20 Å². The van der Waals surface area contributed by atoms with Gasteiger partial charge in [0.2, 0.25) is 0 Å². The van der Waals surface area contributed by atoms with Crippen LogP contribution in [-0.2, 0) is 4.79 Å². The van der Waals surface area contributed by atoms with E-state index < -0.39 is 0 Å². The highest BCUT2D eigenvalue weighted by Crippen LogP contribution is 2.20. The van der Waals surface area contributed by atoms with Crippen molar-refractivity contribution in [1.82, 2.24) is 5.32 Å². The van der Waals surface area contributed by atoms with E-state index in [9.17, 15) is 4.79 Å². The first-order valence-electron chi connectivity index (χ1n) is 6.41. The predicted molar refractivity (Wildman–Crippen MR) is 81.4 cm³/mol. The van der Waals surface area contributed by atoms with E-state index in [1.54, 1.807) is 6.07 Å². The van der Waals surface area contributed by atoms with Gasteiger partial charge in [0.15, 0.2) is 0 Å². The van der Waals surface area contributed by atoms with E-state index in [0.29, 0.717) is 5.02 Å². The summed E-state index contributed by atoms with van der Waals surface area (Å²) in [5, 5.41) is 15.3. The molecule has 0 bridgehead atoms. The van der Waals surface area contributed by atoms with E-state index in [0.717, 1.165) is 17.7 Å². The molecule has 1 amide bonds. The number of nitriles is 1. The highest BCUT2D eigenvalue weighted by atomic mass is 35.5. The molecule has 0 spiro atoms. The molecule has 0 heterocycles. The Hall–Kier alpha value is -1.99. The summed E-state index contributed by atoms with van der Waals surface area (Å²) in [6.45, 7) is 5.76. The van der Waals surface area contributed by atoms with Crippen LogP contribution in [0.3, 0.4) is 0 Å². The number of halogens is 1. The van der Waals surface area contributed by atoms with Crippen LogP contribution in [0.5, 0.6) is 0 Å². The number of nitrogens with zero attached hydrogens (tertiary/aromatic N) is 1. The van der Waals surface area contributed by atoms with Gasteiger partial charge in [0.05, 0.1) is 0 Å². The molecule has 0 saturated carbocycles. The van der Waals surface area contributed by atoms with Crippen LogP contribution >= 0.6 is 11.6 Å². The second-order valence-electron chi connectivity index (χ2n) is 4.56. The Kier molecular flexibility index (Phi) is 6.08. The fourth-order valence-corrected chi connectivity index (χ4v) is 1.57. The maximum atomic E-state index is 11.8. The largest absolute Gasteiger partial charge is 0.360 e. The first kappa shape index (κ1) is 16.1. The van der Waals surface area contributed by atoms with Crippen molar-refractivity contribution in [2.75, 3.05) is 5.32 Å². The van der Waals surface area contributed by atoms with Crippen LogP contribution in [0.1, 0.15) is 25.8 Å². The lowest BCUT2D eigenvalue weighted by molar-refractivity contribution is -0.117. The van der Waals surface area contributed by atoms with Gasteiger partial charge < -0.3 is 10.6 Å². The fraction of sp³-hybridized carbons (Fsp3) is 0.333. The van der Waals surface area contributed by atoms with E-state index in [-0.39, 0.29) is 17.5 Å². The number of anilines is 1. The summed E-state index contributed by atoms with van der Waals surface area (Å²) in [5.74, 6) is -0.382. The maximum absolute atomic E-state index is 11.8. The van der Waals surface area contributed by atoms with Crippen LogP contribution in [0.25, 0.3) is 0 Å². The third kappa shape index (κ3) is 4.60. The molecule has 0 aliphatic carbocycles. The van der Waals surface area contributed by atoms with Crippen molar-refractivity contribution in [3.05, 3.63) is 40.6 Å². The average Bonchev–Trinajstić information content (AvgIpc) is 2.43. The van der Waals surface area contributed by atoms with Gasteiger partial charge in [0.25, 0.3) is 5.91 Å². The summed E-state index contributed by atoms with van der Waals surface area (Å²) in [7, 11) is 0. The van der Waals surface area contributed by atoms with Crippen molar-refractivity contribution in [3.63, 3.8) is 0 Å². The van der Waals surface area contributed by atoms with Crippen LogP contribution in [0.2, 0.25) is 5.02 Å². The Morgan fingerprint density at radius 3 is 2.80 bits per heavy atom. The molecule has 1 rings (SSSR count). The van der Waals surface area contributed by atoms with Gasteiger partial charge in [0, 0.05) is 23.0 Å². The Bertz CT molecular complexity index is 561. The van der Waals surface area contributed by atoms with Gasteiger partial charge >= 0.3 is 0 Å². The molecule has 106 valence electrons. The molecule has 0 radical (unpaired) electrons. The molecule has 1 atom stereocenters. The second-order valence-corrected chi connectivity index (χ2v) is 4.97. The zero-order chi connectivity index (χ0) is 15.1. The second kappa shape index (κ2) is 7.56. The van der Waals surface area contributed by atoms with E-state index in [2.05, 4.69) is 10.6 Å². The van der Waals surface area contributed by atoms with Gasteiger partial charge in [-0.25, -0.2) is 0 Å². The number of hydrogen-bond acceptors (Lipinski definition) is 3. The monoisotopic (exact) mass is 291 g/mol. The number of aryl methyl sites for hydroxylation is 1. The molecular weight excluding hydrogens is 274 g/mol. The lowest BCUT2D eigenvalue weighted by Gasteiger charge is -2.10. The third-order valence-corrected chi connectivity index (χ3v) is 3.32. The van der Waals surface area contributed by atoms with Crippen LogP contribution < -0.4 is 10.6 Å². The highest BCUT2D eigenvalue weighted by Gasteiger charge is 2.11. The third-order valence-electron chi connectivity index (χ3n) is 2.91. The van der Waals surface area contributed by atoms with Crippen molar-refractivity contribution < 1.29 is 4.79 Å². The number of nitrogens with one attached hydrogen (secondary N) is 2. The fourth-order valence-electron chi connectivity index (χ4n) is 1.39. The molecule has 1 unspecified atom stereocenters. The number of carbonyl (C=O) groups is 1. The normalized spacial score (nSPS) is 12.4. The van der Waals surface area contributed by atoms with Crippen LogP contribution in [0.15, 0.2) is 30.0 Å². The number of amides is 1. The summed E-state index contributed by atoms with van der Waals surface area (Å²) in [6.07, 6.45) is 2.20. The Morgan fingerprint density at radius 1 is 1.55 bits per heavy atom. The van der Waals surface area contributed by atoms with Crippen LogP contribution in [-0.4, -0.2) is 11.9 Å². The standard InChI is InChI=1S/C15H18ClN3O/c1-4-11(3)19-15(20)12(8-17)9-18-13-6-5-10(2)14(16)7-13/h5-7,9,11,18H,4H2,1-3H3,(H,19,20)/b12-9-. The van der Waals surface area contributed by atoms with Crippen molar-refractivity contribution in [2.45, 2.75) is 33.2 Å². The zero-order valence-electron chi connectivity index (χ0n) is 11.8. The first-order chi connectivity index (χ1) is 9.47. The van der Waals surface area contributed by atoms with Gasteiger partial charge in [-0.1, -0.05) is 24.6 Å². The smallest absolute Gasteiger partial charge is 0.263 e. The first-order valence-corrected chi connectivity index (χ1v) is 6.79. The molecule has 0 aromatic heterocycles. The Labute approximate surface area is 124 Å². The Morgan fingerprint density at radius 2 is 2.25 bits per heavy atom. The number of hydrogen-bond donors (Lipinski definition) is 2. The summed E-state index contributed by atoms with van der Waals surface area (Å²) < 4.78 is 0. The minimum absolute atomic E-state index is 0.0296. The summed E-state index contributed by atoms with van der Waals surface area (Å²) >= 11 is 6.01. The molecule has 2 N–H and O–H groups in total. The molecule has 0 saturated heterocycles. The molecule has 0 aliphatic heterocycles. The van der Waals surface area contributed by atoms with Gasteiger partial charge in [-0.2, -0.15) is 5.26 Å². The molecule has 0 fully saturated rings. The van der Waals surface area contributed by atoms with Gasteiger partial charge in [-0.15, -0.1) is 0 Å². The highest BCUT2D eigenvalue weighted by molar-refractivity contribution is 6.31. The SMILES string of the molecule is CCC(C)NC(=O)/C(C#N)=C\Nc1ccc(C)c(Cl)c1. The number of carbonyl (C=O) groups excluding carboxylic acids is 1. The van der Waals surface area contributed by atoms with Crippen molar-refractivity contribution >= 4 is 23.2 Å². The van der Waals surface area contributed by atoms with Crippen molar-refractivity contribution in [1.29, 1.82) is 5.26 Å². The minimum Gasteiger partial charge on any atom is -0.360 e. The lowest BCUT2D eigenvalue weighted by Crippen LogP contribution is -2.33. The van der Waals surface area contributed by atoms with E-state index in [1.807, 2.05) is 39.0 Å². The lowest BCUT2D eigenvalue weighted by atomic mass is 10.2.